The lowest BCUT2D eigenvalue weighted by atomic mass is 9.66. The number of hydrogen-bond acceptors (Lipinski definition) is 3. The third-order valence-electron chi connectivity index (χ3n) is 15.6. The van der Waals surface area contributed by atoms with Crippen LogP contribution in [0.4, 0.5) is 17.1 Å². The zero-order chi connectivity index (χ0) is 46.7. The van der Waals surface area contributed by atoms with Crippen molar-refractivity contribution in [2.24, 2.45) is 0 Å². The molecular weight excluding hydrogens is 863 g/mol. The normalized spacial score (nSPS) is 14.1. The number of para-hydroxylation sites is 4. The lowest BCUT2D eigenvalue weighted by molar-refractivity contribution is 0.436. The minimum absolute atomic E-state index is 0.625. The van der Waals surface area contributed by atoms with Crippen molar-refractivity contribution >= 4 is 17.1 Å². The highest BCUT2D eigenvalue weighted by Crippen LogP contribution is 2.67. The molecule has 3 nitrogen and oxygen atoms in total. The molecule has 0 saturated heterocycles. The Bertz CT molecular complexity index is 3660. The summed E-state index contributed by atoms with van der Waals surface area (Å²) < 4.78 is 13.5. The average molecular weight is 906 g/mol. The van der Waals surface area contributed by atoms with Crippen LogP contribution in [-0.4, -0.2) is 0 Å². The van der Waals surface area contributed by atoms with Crippen LogP contribution < -0.4 is 14.4 Å². The van der Waals surface area contributed by atoms with E-state index in [1.165, 1.54) is 61.2 Å². The molecule has 0 fully saturated rings. The summed E-state index contributed by atoms with van der Waals surface area (Å²) in [6, 6.07) is 95.1. The molecule has 3 heteroatoms. The summed E-state index contributed by atoms with van der Waals surface area (Å²) in [4.78, 5) is 2.54. The summed E-state index contributed by atoms with van der Waals surface area (Å²) in [5.74, 6) is 3.51. The Labute approximate surface area is 413 Å². The molecule has 2 spiro atoms. The van der Waals surface area contributed by atoms with E-state index >= 15 is 0 Å². The van der Waals surface area contributed by atoms with E-state index in [2.05, 4.69) is 266 Å². The molecule has 0 bridgehead atoms. The standard InChI is InChI=1S/C68H43NO2/c1-2-18-44(19-3-1)45-36-38-46(39-37-45)47-40-42-48(43-41-47)69(59-30-16-28-57-65(59)49-20-4-6-22-51(49)67(57)53-24-8-12-32-61(53)70-62-33-13-9-25-54(62)67)60-31-17-29-58-66(60)50-21-5-7-23-52(50)68(58)55-26-10-14-34-63(55)71-64-35-15-11-27-56(64)68/h1-43H. The van der Waals surface area contributed by atoms with E-state index in [1.54, 1.807) is 0 Å². The first kappa shape index (κ1) is 39.8. The van der Waals surface area contributed by atoms with Gasteiger partial charge in [0.05, 0.1) is 22.2 Å². The second kappa shape index (κ2) is 15.2. The van der Waals surface area contributed by atoms with Crippen molar-refractivity contribution in [1.29, 1.82) is 0 Å². The summed E-state index contributed by atoms with van der Waals surface area (Å²) in [5, 5.41) is 0. The van der Waals surface area contributed by atoms with Crippen LogP contribution in [0.5, 0.6) is 23.0 Å². The van der Waals surface area contributed by atoms with Crippen molar-refractivity contribution in [3.8, 4) is 67.5 Å². The average Bonchev–Trinajstić information content (AvgIpc) is 3.91. The molecule has 0 aromatic heterocycles. The maximum atomic E-state index is 6.76. The van der Waals surface area contributed by atoms with Gasteiger partial charge in [-0.2, -0.15) is 0 Å². The van der Waals surface area contributed by atoms with E-state index in [4.69, 9.17) is 9.47 Å². The van der Waals surface area contributed by atoms with E-state index < -0.39 is 10.8 Å². The molecule has 15 rings (SSSR count). The molecule has 0 radical (unpaired) electrons. The number of fused-ring (bicyclic) bond motifs is 18. The van der Waals surface area contributed by atoms with Crippen molar-refractivity contribution in [1.82, 2.24) is 0 Å². The predicted molar refractivity (Wildman–Crippen MR) is 287 cm³/mol. The van der Waals surface area contributed by atoms with Gasteiger partial charge in [0.1, 0.15) is 23.0 Å². The molecule has 11 aromatic carbocycles. The third kappa shape index (κ3) is 5.43. The predicted octanol–water partition coefficient (Wildman–Crippen LogP) is 17.4. The van der Waals surface area contributed by atoms with Crippen molar-refractivity contribution in [3.63, 3.8) is 0 Å². The Balaban J connectivity index is 1.01. The Morgan fingerprint density at radius 3 is 0.958 bits per heavy atom. The maximum Gasteiger partial charge on any atom is 0.132 e. The molecule has 0 amide bonds. The molecule has 2 heterocycles. The fraction of sp³-hybridized carbons (Fsp3) is 0.0294. The van der Waals surface area contributed by atoms with Gasteiger partial charge in [0.2, 0.25) is 0 Å². The number of benzene rings is 11. The summed E-state index contributed by atoms with van der Waals surface area (Å²) in [5.41, 5.74) is 21.1. The van der Waals surface area contributed by atoms with Crippen LogP contribution in [0.25, 0.3) is 44.5 Å². The minimum Gasteiger partial charge on any atom is -0.457 e. The van der Waals surface area contributed by atoms with E-state index in [0.29, 0.717) is 0 Å². The van der Waals surface area contributed by atoms with Crippen LogP contribution in [0.1, 0.15) is 44.5 Å². The van der Waals surface area contributed by atoms with Crippen LogP contribution in [0, 0.1) is 0 Å². The first-order valence-corrected chi connectivity index (χ1v) is 24.5. The van der Waals surface area contributed by atoms with Gasteiger partial charge < -0.3 is 14.4 Å². The van der Waals surface area contributed by atoms with Gasteiger partial charge in [-0.05, 0) is 104 Å². The Morgan fingerprint density at radius 1 is 0.239 bits per heavy atom. The fourth-order valence-corrected chi connectivity index (χ4v) is 12.8. The zero-order valence-electron chi connectivity index (χ0n) is 38.6. The minimum atomic E-state index is -0.625. The molecule has 0 atom stereocenters. The van der Waals surface area contributed by atoms with Gasteiger partial charge >= 0.3 is 0 Å². The Morgan fingerprint density at radius 2 is 0.549 bits per heavy atom. The summed E-state index contributed by atoms with van der Waals surface area (Å²) in [7, 11) is 0. The first-order chi connectivity index (χ1) is 35.2. The first-order valence-electron chi connectivity index (χ1n) is 24.5. The smallest absolute Gasteiger partial charge is 0.132 e. The highest BCUT2D eigenvalue weighted by atomic mass is 16.5. The van der Waals surface area contributed by atoms with E-state index in [-0.39, 0.29) is 0 Å². The molecule has 2 aliphatic heterocycles. The molecular formula is C68H43NO2. The van der Waals surface area contributed by atoms with Gasteiger partial charge in [0.15, 0.2) is 0 Å². The molecule has 0 unspecified atom stereocenters. The molecule has 332 valence electrons. The summed E-state index contributed by atoms with van der Waals surface area (Å²) in [6.07, 6.45) is 0. The molecule has 71 heavy (non-hydrogen) atoms. The number of hydrogen-bond donors (Lipinski definition) is 0. The van der Waals surface area contributed by atoms with Crippen LogP contribution in [0.15, 0.2) is 261 Å². The Hall–Kier alpha value is -9.18. The second-order valence-electron chi connectivity index (χ2n) is 19.0. The Kier molecular flexibility index (Phi) is 8.49. The van der Waals surface area contributed by atoms with Crippen LogP contribution in [0.2, 0.25) is 0 Å². The number of ether oxygens (including phenoxy) is 2. The van der Waals surface area contributed by atoms with Gasteiger partial charge in [0.25, 0.3) is 0 Å². The van der Waals surface area contributed by atoms with Crippen molar-refractivity contribution in [3.05, 3.63) is 305 Å². The fourth-order valence-electron chi connectivity index (χ4n) is 12.8. The zero-order valence-corrected chi connectivity index (χ0v) is 38.6. The van der Waals surface area contributed by atoms with Crippen molar-refractivity contribution in [2.75, 3.05) is 4.90 Å². The summed E-state index contributed by atoms with van der Waals surface area (Å²) in [6.45, 7) is 0. The molecule has 0 saturated carbocycles. The van der Waals surface area contributed by atoms with E-state index in [0.717, 1.165) is 67.9 Å². The quantitative estimate of drug-likeness (QED) is 0.172. The highest BCUT2D eigenvalue weighted by molar-refractivity contribution is 6.03. The lowest BCUT2D eigenvalue weighted by Crippen LogP contribution is -2.32. The monoisotopic (exact) mass is 905 g/mol. The molecule has 11 aromatic rings. The second-order valence-corrected chi connectivity index (χ2v) is 19.0. The molecule has 4 aliphatic rings. The van der Waals surface area contributed by atoms with Crippen molar-refractivity contribution < 1.29 is 9.47 Å². The lowest BCUT2D eigenvalue weighted by Gasteiger charge is -2.40. The maximum absolute atomic E-state index is 6.76. The summed E-state index contributed by atoms with van der Waals surface area (Å²) >= 11 is 0. The van der Waals surface area contributed by atoms with Gasteiger partial charge in [-0.3, -0.25) is 0 Å². The van der Waals surface area contributed by atoms with Crippen LogP contribution >= 0.6 is 0 Å². The van der Waals surface area contributed by atoms with Gasteiger partial charge in [-0.15, -0.1) is 0 Å². The van der Waals surface area contributed by atoms with Gasteiger partial charge in [-0.25, -0.2) is 0 Å². The highest BCUT2D eigenvalue weighted by Gasteiger charge is 2.54. The molecule has 2 aliphatic carbocycles. The topological polar surface area (TPSA) is 21.7 Å². The van der Waals surface area contributed by atoms with Crippen LogP contribution in [0.3, 0.4) is 0 Å². The van der Waals surface area contributed by atoms with E-state index in [1.807, 2.05) is 0 Å². The van der Waals surface area contributed by atoms with Crippen molar-refractivity contribution in [2.45, 2.75) is 10.8 Å². The third-order valence-corrected chi connectivity index (χ3v) is 15.6. The van der Waals surface area contributed by atoms with Gasteiger partial charge in [0, 0.05) is 39.1 Å². The largest absolute Gasteiger partial charge is 0.457 e. The van der Waals surface area contributed by atoms with Gasteiger partial charge in [-0.1, -0.05) is 212 Å². The van der Waals surface area contributed by atoms with Crippen LogP contribution in [-0.2, 0) is 10.8 Å². The number of rotatable bonds is 5. The number of nitrogens with zero attached hydrogens (tertiary/aromatic N) is 1. The SMILES string of the molecule is c1ccc(-c2ccc(-c3ccc(N(c4cccc5c4-c4ccccc4C54c5ccccc5Oc5ccccc54)c4cccc5c4-c4ccccc4C54c5ccccc5Oc5ccccc54)cc3)cc2)cc1. The molecule has 0 N–H and O–H groups in total. The van der Waals surface area contributed by atoms with E-state index in [9.17, 15) is 0 Å². The number of anilines is 3.